The normalized spacial score (nSPS) is 17.2. The van der Waals surface area contributed by atoms with E-state index in [-0.39, 0.29) is 12.0 Å². The van der Waals surface area contributed by atoms with Gasteiger partial charge >= 0.3 is 0 Å². The van der Waals surface area contributed by atoms with E-state index in [9.17, 15) is 4.79 Å². The molecule has 0 spiro atoms. The minimum atomic E-state index is -0.0521. The maximum atomic E-state index is 12.5. The first kappa shape index (κ1) is 13.3. The summed E-state index contributed by atoms with van der Waals surface area (Å²) >= 11 is 0. The molecule has 2 nitrogen and oxygen atoms in total. The van der Waals surface area contributed by atoms with Crippen molar-refractivity contribution in [3.05, 3.63) is 35.9 Å². The first-order chi connectivity index (χ1) is 8.65. The van der Waals surface area contributed by atoms with Crippen LogP contribution in [-0.2, 0) is 4.79 Å². The summed E-state index contributed by atoms with van der Waals surface area (Å²) < 4.78 is 0. The highest BCUT2D eigenvalue weighted by atomic mass is 16.1. The molecular weight excluding hydrogens is 222 g/mol. The van der Waals surface area contributed by atoms with E-state index in [0.717, 1.165) is 12.1 Å². The third-order valence-electron chi connectivity index (χ3n) is 3.67. The van der Waals surface area contributed by atoms with Crippen LogP contribution in [0.4, 0.5) is 0 Å². The van der Waals surface area contributed by atoms with Crippen molar-refractivity contribution in [1.29, 1.82) is 0 Å². The van der Waals surface area contributed by atoms with Gasteiger partial charge in [0.25, 0.3) is 0 Å². The Balaban J connectivity index is 2.30. The number of rotatable bonds is 6. The van der Waals surface area contributed by atoms with Crippen molar-refractivity contribution >= 4 is 5.78 Å². The van der Waals surface area contributed by atoms with Gasteiger partial charge in [-0.05, 0) is 24.9 Å². The molecule has 0 aliphatic heterocycles. The number of likely N-dealkylation sites (N-methyl/N-ethyl adjacent to an activating group) is 1. The van der Waals surface area contributed by atoms with Crippen LogP contribution in [0.25, 0.3) is 0 Å². The Bertz CT molecular complexity index is 395. The Labute approximate surface area is 110 Å². The number of Topliss-reactive ketones (excluding diaryl/α,β-unsaturated/α-hetero) is 1. The number of carbonyl (C=O) groups excluding carboxylic acids is 1. The molecule has 1 aliphatic rings. The molecule has 1 fully saturated rings. The SMILES string of the molecule is CCN(C1CC1)C(C(=O)C(C)C)c1ccccc1. The minimum absolute atomic E-state index is 0.0521. The van der Waals surface area contributed by atoms with Crippen LogP contribution in [0.5, 0.6) is 0 Å². The second-order valence-electron chi connectivity index (χ2n) is 5.43. The average molecular weight is 245 g/mol. The highest BCUT2D eigenvalue weighted by molar-refractivity contribution is 5.87. The van der Waals surface area contributed by atoms with Crippen LogP contribution in [0.3, 0.4) is 0 Å². The second kappa shape index (κ2) is 5.66. The van der Waals surface area contributed by atoms with Gasteiger partial charge in [-0.15, -0.1) is 0 Å². The zero-order valence-electron chi connectivity index (χ0n) is 11.6. The molecule has 0 aromatic heterocycles. The molecule has 0 amide bonds. The molecule has 0 radical (unpaired) electrons. The van der Waals surface area contributed by atoms with E-state index in [0.29, 0.717) is 11.8 Å². The van der Waals surface area contributed by atoms with E-state index in [1.165, 1.54) is 12.8 Å². The fourth-order valence-electron chi connectivity index (χ4n) is 2.53. The van der Waals surface area contributed by atoms with Crippen LogP contribution in [0.2, 0.25) is 0 Å². The topological polar surface area (TPSA) is 20.3 Å². The summed E-state index contributed by atoms with van der Waals surface area (Å²) in [6.45, 7) is 7.10. The zero-order valence-corrected chi connectivity index (χ0v) is 11.6. The standard InChI is InChI=1S/C16H23NO/c1-4-17(14-10-11-14)15(16(18)12(2)3)13-8-6-5-7-9-13/h5-9,12,14-15H,4,10-11H2,1-3H3. The Morgan fingerprint density at radius 1 is 1.28 bits per heavy atom. The van der Waals surface area contributed by atoms with Crippen LogP contribution in [0.1, 0.15) is 45.2 Å². The highest BCUT2D eigenvalue weighted by Gasteiger charge is 2.37. The van der Waals surface area contributed by atoms with Gasteiger partial charge in [0.05, 0.1) is 6.04 Å². The average Bonchev–Trinajstić information content (AvgIpc) is 3.20. The second-order valence-corrected chi connectivity index (χ2v) is 5.43. The first-order valence-electron chi connectivity index (χ1n) is 6.99. The molecule has 1 aromatic carbocycles. The molecule has 98 valence electrons. The van der Waals surface area contributed by atoms with Gasteiger partial charge in [0.2, 0.25) is 0 Å². The summed E-state index contributed by atoms with van der Waals surface area (Å²) in [5, 5.41) is 0. The van der Waals surface area contributed by atoms with Crippen LogP contribution < -0.4 is 0 Å². The molecule has 18 heavy (non-hydrogen) atoms. The van der Waals surface area contributed by atoms with Gasteiger partial charge in [-0.3, -0.25) is 9.69 Å². The smallest absolute Gasteiger partial charge is 0.157 e. The van der Waals surface area contributed by atoms with E-state index >= 15 is 0 Å². The Kier molecular flexibility index (Phi) is 4.18. The zero-order chi connectivity index (χ0) is 13.1. The van der Waals surface area contributed by atoms with Gasteiger partial charge in [0.1, 0.15) is 0 Å². The number of benzene rings is 1. The largest absolute Gasteiger partial charge is 0.297 e. The van der Waals surface area contributed by atoms with Crippen LogP contribution >= 0.6 is 0 Å². The maximum Gasteiger partial charge on any atom is 0.157 e. The van der Waals surface area contributed by atoms with E-state index in [1.807, 2.05) is 32.0 Å². The van der Waals surface area contributed by atoms with Gasteiger partial charge in [0.15, 0.2) is 5.78 Å². The van der Waals surface area contributed by atoms with Crippen molar-refractivity contribution in [1.82, 2.24) is 4.90 Å². The van der Waals surface area contributed by atoms with Gasteiger partial charge in [0, 0.05) is 12.0 Å². The van der Waals surface area contributed by atoms with E-state index < -0.39 is 0 Å². The van der Waals surface area contributed by atoms with Crippen molar-refractivity contribution in [2.45, 2.75) is 45.7 Å². The van der Waals surface area contributed by atoms with Gasteiger partial charge in [-0.1, -0.05) is 51.1 Å². The number of ketones is 1. The summed E-state index contributed by atoms with van der Waals surface area (Å²) in [6, 6.07) is 10.8. The lowest BCUT2D eigenvalue weighted by Crippen LogP contribution is -2.37. The van der Waals surface area contributed by atoms with Gasteiger partial charge in [-0.2, -0.15) is 0 Å². The van der Waals surface area contributed by atoms with Crippen molar-refractivity contribution in [3.8, 4) is 0 Å². The Morgan fingerprint density at radius 3 is 2.33 bits per heavy atom. The van der Waals surface area contributed by atoms with Crippen LogP contribution in [-0.4, -0.2) is 23.3 Å². The molecule has 1 unspecified atom stereocenters. The van der Waals surface area contributed by atoms with Crippen molar-refractivity contribution in [3.63, 3.8) is 0 Å². The maximum absolute atomic E-state index is 12.5. The number of nitrogens with zero attached hydrogens (tertiary/aromatic N) is 1. The fraction of sp³-hybridized carbons (Fsp3) is 0.562. The first-order valence-corrected chi connectivity index (χ1v) is 6.99. The molecule has 1 aromatic rings. The summed E-state index contributed by atoms with van der Waals surface area (Å²) in [5.41, 5.74) is 1.14. The molecule has 2 rings (SSSR count). The lowest BCUT2D eigenvalue weighted by molar-refractivity contribution is -0.127. The number of carbonyl (C=O) groups is 1. The monoisotopic (exact) mass is 245 g/mol. The Morgan fingerprint density at radius 2 is 1.89 bits per heavy atom. The number of hydrogen-bond donors (Lipinski definition) is 0. The summed E-state index contributed by atoms with van der Waals surface area (Å²) in [4.78, 5) is 14.9. The van der Waals surface area contributed by atoms with E-state index in [4.69, 9.17) is 0 Å². The van der Waals surface area contributed by atoms with E-state index in [2.05, 4.69) is 24.0 Å². The summed E-state index contributed by atoms with van der Waals surface area (Å²) in [5.74, 6) is 0.429. The van der Waals surface area contributed by atoms with Crippen molar-refractivity contribution in [2.24, 2.45) is 5.92 Å². The molecule has 1 saturated carbocycles. The summed E-state index contributed by atoms with van der Waals surface area (Å²) in [7, 11) is 0. The predicted molar refractivity (Wildman–Crippen MR) is 74.4 cm³/mol. The highest BCUT2D eigenvalue weighted by Crippen LogP contribution is 2.35. The van der Waals surface area contributed by atoms with Crippen molar-refractivity contribution in [2.75, 3.05) is 6.54 Å². The van der Waals surface area contributed by atoms with Crippen LogP contribution in [0.15, 0.2) is 30.3 Å². The lowest BCUT2D eigenvalue weighted by atomic mass is 9.94. The third-order valence-corrected chi connectivity index (χ3v) is 3.67. The molecule has 0 bridgehead atoms. The molecule has 0 saturated heterocycles. The van der Waals surface area contributed by atoms with E-state index in [1.54, 1.807) is 0 Å². The molecule has 1 atom stereocenters. The van der Waals surface area contributed by atoms with Gasteiger partial charge in [-0.25, -0.2) is 0 Å². The Hall–Kier alpha value is -1.15. The molecule has 1 aliphatic carbocycles. The predicted octanol–water partition coefficient (Wildman–Crippen LogP) is 3.44. The molecule has 0 heterocycles. The summed E-state index contributed by atoms with van der Waals surface area (Å²) in [6.07, 6.45) is 2.48. The molecular formula is C16H23NO. The van der Waals surface area contributed by atoms with Gasteiger partial charge < -0.3 is 0 Å². The third kappa shape index (κ3) is 2.81. The lowest BCUT2D eigenvalue weighted by Gasteiger charge is -2.31. The van der Waals surface area contributed by atoms with Crippen molar-refractivity contribution < 1.29 is 4.79 Å². The minimum Gasteiger partial charge on any atom is -0.297 e. The number of hydrogen-bond acceptors (Lipinski definition) is 2. The quantitative estimate of drug-likeness (QED) is 0.765. The molecule has 2 heteroatoms. The fourth-order valence-corrected chi connectivity index (χ4v) is 2.53. The van der Waals surface area contributed by atoms with Crippen LogP contribution in [0, 0.1) is 5.92 Å². The molecule has 0 N–H and O–H groups in total.